The highest BCUT2D eigenvalue weighted by Gasteiger charge is 2.26. The maximum atomic E-state index is 12.6. The van der Waals surface area contributed by atoms with Crippen LogP contribution in [0.1, 0.15) is 39.5 Å². The molecule has 2 aromatic heterocycles. The summed E-state index contributed by atoms with van der Waals surface area (Å²) >= 11 is 12.2. The molecule has 13 heteroatoms. The quantitative estimate of drug-likeness (QED) is 0.410. The number of carbonyl (C=O) groups excluding carboxylic acids is 2. The number of amides is 2. The minimum Gasteiger partial charge on any atom is -0.462 e. The third-order valence-electron chi connectivity index (χ3n) is 4.90. The number of nitrogens with zero attached hydrogens (tertiary/aromatic N) is 3. The molecule has 32 heavy (non-hydrogen) atoms. The molecule has 174 valence electrons. The first-order valence-corrected chi connectivity index (χ1v) is 10.7. The van der Waals surface area contributed by atoms with Crippen LogP contribution in [0.3, 0.4) is 0 Å². The number of anilines is 1. The summed E-state index contributed by atoms with van der Waals surface area (Å²) in [5.41, 5.74) is 8.70. The van der Waals surface area contributed by atoms with Gasteiger partial charge in [-0.05, 0) is 19.8 Å². The van der Waals surface area contributed by atoms with Crippen molar-refractivity contribution in [1.82, 2.24) is 25.7 Å². The summed E-state index contributed by atoms with van der Waals surface area (Å²) in [6.07, 6.45) is 1.33. The number of hydroxylamine groups is 1. The number of carbonyl (C=O) groups is 2. The van der Waals surface area contributed by atoms with Crippen molar-refractivity contribution in [3.05, 3.63) is 33.2 Å². The van der Waals surface area contributed by atoms with Gasteiger partial charge in [-0.1, -0.05) is 23.2 Å². The highest BCUT2D eigenvalue weighted by atomic mass is 35.5. The van der Waals surface area contributed by atoms with Gasteiger partial charge >= 0.3 is 6.01 Å². The van der Waals surface area contributed by atoms with Crippen molar-refractivity contribution < 1.29 is 19.2 Å². The van der Waals surface area contributed by atoms with Crippen LogP contribution in [0.25, 0.3) is 0 Å². The number of halogens is 2. The van der Waals surface area contributed by atoms with Crippen LogP contribution in [0.2, 0.25) is 10.0 Å². The van der Waals surface area contributed by atoms with E-state index in [4.69, 9.17) is 33.7 Å². The highest BCUT2D eigenvalue weighted by Crippen LogP contribution is 2.29. The Morgan fingerprint density at radius 1 is 1.25 bits per heavy atom. The van der Waals surface area contributed by atoms with E-state index in [-0.39, 0.29) is 47.5 Å². The van der Waals surface area contributed by atoms with Crippen LogP contribution >= 0.6 is 23.2 Å². The summed E-state index contributed by atoms with van der Waals surface area (Å²) < 4.78 is 5.42. The van der Waals surface area contributed by atoms with Gasteiger partial charge in [0.15, 0.2) is 0 Å². The first-order valence-electron chi connectivity index (χ1n) is 9.98. The molecule has 1 fully saturated rings. The van der Waals surface area contributed by atoms with Crippen LogP contribution in [-0.4, -0.2) is 66.2 Å². The maximum Gasteiger partial charge on any atom is 0.319 e. The maximum absolute atomic E-state index is 12.6. The Morgan fingerprint density at radius 2 is 1.97 bits per heavy atom. The van der Waals surface area contributed by atoms with Crippen molar-refractivity contribution in [2.45, 2.75) is 25.8 Å². The monoisotopic (exact) mass is 485 g/mol. The van der Waals surface area contributed by atoms with Crippen LogP contribution in [0.4, 0.5) is 5.82 Å². The van der Waals surface area contributed by atoms with Gasteiger partial charge < -0.3 is 25.7 Å². The number of aromatic nitrogens is 3. The van der Waals surface area contributed by atoms with E-state index in [1.807, 2.05) is 4.90 Å². The van der Waals surface area contributed by atoms with E-state index in [1.54, 1.807) is 13.0 Å². The van der Waals surface area contributed by atoms with Gasteiger partial charge in [0.25, 0.3) is 11.8 Å². The van der Waals surface area contributed by atoms with E-state index < -0.39 is 5.91 Å². The topological polar surface area (TPSA) is 147 Å². The molecule has 0 radical (unpaired) electrons. The van der Waals surface area contributed by atoms with Crippen LogP contribution in [0.5, 0.6) is 6.01 Å². The number of nitrogens with one attached hydrogen (secondary N) is 3. The van der Waals surface area contributed by atoms with Crippen molar-refractivity contribution in [3.63, 3.8) is 0 Å². The molecule has 2 aromatic rings. The van der Waals surface area contributed by atoms with E-state index in [2.05, 4.69) is 30.6 Å². The van der Waals surface area contributed by atoms with Gasteiger partial charge in [0.05, 0.1) is 17.2 Å². The summed E-state index contributed by atoms with van der Waals surface area (Å²) in [6, 6.07) is 1.56. The Labute approximate surface area is 194 Å². The van der Waals surface area contributed by atoms with E-state index in [9.17, 15) is 9.59 Å². The van der Waals surface area contributed by atoms with E-state index in [0.717, 1.165) is 0 Å². The van der Waals surface area contributed by atoms with Gasteiger partial charge in [0.1, 0.15) is 23.8 Å². The minimum absolute atomic E-state index is 0.0525. The normalized spacial score (nSPS) is 14.3. The number of ether oxygens (including phenoxy) is 1. The van der Waals surface area contributed by atoms with Crippen molar-refractivity contribution in [1.29, 1.82) is 0 Å². The fourth-order valence-corrected chi connectivity index (χ4v) is 3.71. The fourth-order valence-electron chi connectivity index (χ4n) is 3.29. The molecule has 11 nitrogen and oxygen atoms in total. The molecule has 1 aliphatic rings. The lowest BCUT2D eigenvalue weighted by molar-refractivity contribution is 0.0531. The highest BCUT2D eigenvalue weighted by molar-refractivity contribution is 6.44. The number of piperidine rings is 1. The summed E-state index contributed by atoms with van der Waals surface area (Å²) in [6.45, 7) is 3.45. The van der Waals surface area contributed by atoms with Gasteiger partial charge in [-0.15, -0.1) is 0 Å². The molecular formula is C19H25Cl2N7O4. The lowest BCUT2D eigenvalue weighted by Crippen LogP contribution is -2.45. The summed E-state index contributed by atoms with van der Waals surface area (Å²) in [5, 5.41) is 3.54. The average Bonchev–Trinajstić information content (AvgIpc) is 3.05. The molecule has 0 unspecified atom stereocenters. The predicted octanol–water partition coefficient (Wildman–Crippen LogP) is 1.45. The molecule has 0 aliphatic carbocycles. The zero-order valence-electron chi connectivity index (χ0n) is 17.7. The molecule has 2 amide bonds. The number of rotatable bonds is 8. The number of hydrogen-bond acceptors (Lipinski definition) is 8. The summed E-state index contributed by atoms with van der Waals surface area (Å²) in [5.74, 6) is -0.290. The first kappa shape index (κ1) is 24.1. The molecule has 5 N–H and O–H groups in total. The minimum atomic E-state index is -0.521. The Morgan fingerprint density at radius 3 is 2.56 bits per heavy atom. The lowest BCUT2D eigenvalue weighted by Gasteiger charge is -2.33. The smallest absolute Gasteiger partial charge is 0.319 e. The molecule has 0 bridgehead atoms. The molecule has 0 spiro atoms. The third kappa shape index (κ3) is 5.60. The van der Waals surface area contributed by atoms with Crippen LogP contribution in [-0.2, 0) is 4.84 Å². The number of aromatic amines is 1. The van der Waals surface area contributed by atoms with Crippen molar-refractivity contribution in [2.75, 3.05) is 38.3 Å². The SMILES string of the molecule is CONC(=O)c1cc(N2CCC(NC(=O)c3[nH]c(C)c(Cl)c3Cl)CC2)nc(OCCN)n1. The van der Waals surface area contributed by atoms with Crippen molar-refractivity contribution in [2.24, 2.45) is 5.73 Å². The molecule has 0 aromatic carbocycles. The number of nitrogens with two attached hydrogens (primary N) is 1. The van der Waals surface area contributed by atoms with Gasteiger partial charge in [-0.3, -0.25) is 14.4 Å². The van der Waals surface area contributed by atoms with Gasteiger partial charge in [0.2, 0.25) is 0 Å². The molecule has 1 aliphatic heterocycles. The second-order valence-electron chi connectivity index (χ2n) is 7.15. The van der Waals surface area contributed by atoms with E-state index in [0.29, 0.717) is 42.5 Å². The van der Waals surface area contributed by atoms with Crippen molar-refractivity contribution in [3.8, 4) is 6.01 Å². The molecular weight excluding hydrogens is 461 g/mol. The molecule has 3 heterocycles. The van der Waals surface area contributed by atoms with Gasteiger partial charge in [-0.2, -0.15) is 9.97 Å². The Hall–Kier alpha value is -2.60. The zero-order chi connectivity index (χ0) is 23.3. The first-order chi connectivity index (χ1) is 15.3. The standard InChI is InChI=1S/C19H25Cl2N7O4/c1-10-14(20)15(21)16(23-10)18(30)24-11-3-6-28(7-4-11)13-9-12(17(29)27-31-2)25-19(26-13)32-8-5-22/h9,11,23H,3-8,22H2,1-2H3,(H,24,30)(H,27,29). The largest absolute Gasteiger partial charge is 0.462 e. The fraction of sp³-hybridized carbons (Fsp3) is 0.474. The van der Waals surface area contributed by atoms with Crippen LogP contribution < -0.4 is 26.2 Å². The molecule has 1 saturated heterocycles. The van der Waals surface area contributed by atoms with E-state index >= 15 is 0 Å². The number of aryl methyl sites for hydroxylation is 1. The van der Waals surface area contributed by atoms with Crippen LogP contribution in [0, 0.1) is 6.92 Å². The Bertz CT molecular complexity index is 977. The van der Waals surface area contributed by atoms with Crippen LogP contribution in [0.15, 0.2) is 6.07 Å². The molecule has 0 atom stereocenters. The second-order valence-corrected chi connectivity index (χ2v) is 7.91. The van der Waals surface area contributed by atoms with Crippen molar-refractivity contribution >= 4 is 40.8 Å². The molecule has 3 rings (SSSR count). The van der Waals surface area contributed by atoms with Gasteiger partial charge in [0, 0.05) is 37.4 Å². The molecule has 0 saturated carbocycles. The average molecular weight is 486 g/mol. The Balaban J connectivity index is 1.67. The number of hydrogen-bond donors (Lipinski definition) is 4. The summed E-state index contributed by atoms with van der Waals surface area (Å²) in [7, 11) is 1.33. The Kier molecular flexibility index (Phi) is 8.13. The third-order valence-corrected chi connectivity index (χ3v) is 5.85. The predicted molar refractivity (Wildman–Crippen MR) is 119 cm³/mol. The van der Waals surface area contributed by atoms with Gasteiger partial charge in [-0.25, -0.2) is 5.48 Å². The lowest BCUT2D eigenvalue weighted by atomic mass is 10.0. The second kappa shape index (κ2) is 10.8. The number of H-pyrrole nitrogens is 1. The van der Waals surface area contributed by atoms with E-state index in [1.165, 1.54) is 7.11 Å². The summed E-state index contributed by atoms with van der Waals surface area (Å²) in [4.78, 5) is 42.8. The zero-order valence-corrected chi connectivity index (χ0v) is 19.2.